The van der Waals surface area contributed by atoms with Gasteiger partial charge in [-0.2, -0.15) is 0 Å². The first-order valence-corrected chi connectivity index (χ1v) is 11.0. The second-order valence-corrected chi connectivity index (χ2v) is 9.36. The molecule has 0 saturated heterocycles. The van der Waals surface area contributed by atoms with E-state index in [2.05, 4.69) is 20.7 Å². The molecular weight excluding hydrogens is 406 g/mol. The summed E-state index contributed by atoms with van der Waals surface area (Å²) in [5.74, 6) is 0.753. The minimum absolute atomic E-state index is 0.0392. The van der Waals surface area contributed by atoms with Crippen LogP contribution in [0.2, 0.25) is 0 Å². The summed E-state index contributed by atoms with van der Waals surface area (Å²) >= 11 is 0. The molecule has 9 nitrogen and oxygen atoms in total. The lowest BCUT2D eigenvalue weighted by molar-refractivity contribution is 0.0556. The molecule has 0 radical (unpaired) electrons. The number of anilines is 4. The Morgan fingerprint density at radius 1 is 1.19 bits per heavy atom. The van der Waals surface area contributed by atoms with E-state index in [1.807, 2.05) is 57.3 Å². The van der Waals surface area contributed by atoms with Crippen molar-refractivity contribution in [3.8, 4) is 0 Å². The van der Waals surface area contributed by atoms with Crippen molar-refractivity contribution >= 4 is 34.6 Å². The van der Waals surface area contributed by atoms with Gasteiger partial charge in [-0.3, -0.25) is 0 Å². The molecule has 2 heterocycles. The Morgan fingerprint density at radius 2 is 1.88 bits per heavy atom. The number of hydrogen-bond acceptors (Lipinski definition) is 6. The van der Waals surface area contributed by atoms with Gasteiger partial charge in [-0.25, -0.2) is 14.3 Å². The summed E-state index contributed by atoms with van der Waals surface area (Å²) in [6, 6.07) is 9.78. The van der Waals surface area contributed by atoms with Gasteiger partial charge in [0.25, 0.3) is 0 Å². The number of nitrogens with zero attached hydrogens (tertiary/aromatic N) is 4. The van der Waals surface area contributed by atoms with Gasteiger partial charge in [0, 0.05) is 47.5 Å². The highest BCUT2D eigenvalue weighted by Crippen LogP contribution is 2.31. The van der Waals surface area contributed by atoms with Gasteiger partial charge in [0.1, 0.15) is 5.82 Å². The van der Waals surface area contributed by atoms with Gasteiger partial charge in [0.15, 0.2) is 5.65 Å². The summed E-state index contributed by atoms with van der Waals surface area (Å²) in [6.07, 6.45) is 6.11. The maximum Gasteiger partial charge on any atom is 0.407 e. The third-order valence-corrected chi connectivity index (χ3v) is 5.89. The monoisotopic (exact) mass is 437 g/mol. The number of nitrogens with two attached hydrogens (primary N) is 1. The second-order valence-electron chi connectivity index (χ2n) is 9.36. The molecule has 0 unspecified atom stereocenters. The molecule has 1 aliphatic carbocycles. The molecule has 1 fully saturated rings. The van der Waals surface area contributed by atoms with Gasteiger partial charge in [-0.05, 0) is 70.7 Å². The van der Waals surface area contributed by atoms with Crippen LogP contribution in [0, 0.1) is 0 Å². The molecule has 9 heteroatoms. The molecule has 2 aromatic heterocycles. The Labute approximate surface area is 187 Å². The zero-order chi connectivity index (χ0) is 22.9. The smallest absolute Gasteiger partial charge is 0.407 e. The number of carbonyl (C=O) groups is 1. The third kappa shape index (κ3) is 4.71. The quantitative estimate of drug-likeness (QED) is 0.432. The molecule has 1 aliphatic rings. The molecule has 5 N–H and O–H groups in total. The SMILES string of the molecule is CC(C)(C)N(C(=O)O)[C@H]1CC[C@H](Nc2cc(Nc3ccc(N)cc3)c3nccn3n2)CC1. The van der Waals surface area contributed by atoms with Crippen LogP contribution in [0.1, 0.15) is 46.5 Å². The van der Waals surface area contributed by atoms with Crippen molar-refractivity contribution in [1.29, 1.82) is 0 Å². The lowest BCUT2D eigenvalue weighted by Crippen LogP contribution is -2.52. The Kier molecular flexibility index (Phi) is 5.82. The van der Waals surface area contributed by atoms with E-state index < -0.39 is 11.6 Å². The summed E-state index contributed by atoms with van der Waals surface area (Å²) in [5.41, 5.74) is 8.58. The van der Waals surface area contributed by atoms with Crippen LogP contribution >= 0.6 is 0 Å². The van der Waals surface area contributed by atoms with Crippen LogP contribution in [0.5, 0.6) is 0 Å². The fraction of sp³-hybridized carbons (Fsp3) is 0.435. The van der Waals surface area contributed by atoms with E-state index in [4.69, 9.17) is 5.73 Å². The van der Waals surface area contributed by atoms with E-state index in [1.54, 1.807) is 15.6 Å². The van der Waals surface area contributed by atoms with Crippen molar-refractivity contribution in [2.75, 3.05) is 16.4 Å². The molecule has 1 saturated carbocycles. The first-order valence-electron chi connectivity index (χ1n) is 11.0. The Balaban J connectivity index is 1.47. The van der Waals surface area contributed by atoms with Gasteiger partial charge in [-0.1, -0.05) is 0 Å². The van der Waals surface area contributed by atoms with Crippen molar-refractivity contribution in [1.82, 2.24) is 19.5 Å². The number of nitrogens with one attached hydrogen (secondary N) is 2. The van der Waals surface area contributed by atoms with Crippen LogP contribution in [0.15, 0.2) is 42.7 Å². The molecule has 0 bridgehead atoms. The number of hydrogen-bond donors (Lipinski definition) is 4. The number of aromatic nitrogens is 3. The van der Waals surface area contributed by atoms with Crippen molar-refractivity contribution < 1.29 is 9.90 Å². The highest BCUT2D eigenvalue weighted by Gasteiger charge is 2.35. The maximum atomic E-state index is 11.8. The van der Waals surface area contributed by atoms with Crippen LogP contribution in [-0.2, 0) is 0 Å². The minimum atomic E-state index is -0.848. The van der Waals surface area contributed by atoms with Crippen molar-refractivity contribution in [3.05, 3.63) is 42.7 Å². The fourth-order valence-corrected chi connectivity index (χ4v) is 4.48. The van der Waals surface area contributed by atoms with Crippen LogP contribution in [-0.4, -0.2) is 48.3 Å². The summed E-state index contributed by atoms with van der Waals surface area (Å²) in [5, 5.41) is 21.3. The van der Waals surface area contributed by atoms with Crippen LogP contribution in [0.25, 0.3) is 5.65 Å². The van der Waals surface area contributed by atoms with E-state index in [0.29, 0.717) is 5.69 Å². The van der Waals surface area contributed by atoms with E-state index in [9.17, 15) is 9.90 Å². The van der Waals surface area contributed by atoms with Gasteiger partial charge in [0.2, 0.25) is 0 Å². The Hall–Kier alpha value is -3.49. The molecule has 1 amide bonds. The number of carboxylic acid groups (broad SMARTS) is 1. The first-order chi connectivity index (χ1) is 15.2. The summed E-state index contributed by atoms with van der Waals surface area (Å²) in [6.45, 7) is 5.85. The average molecular weight is 438 g/mol. The van der Waals surface area contributed by atoms with E-state index in [0.717, 1.165) is 48.5 Å². The lowest BCUT2D eigenvalue weighted by atomic mass is 9.88. The number of imidazole rings is 1. The topological polar surface area (TPSA) is 121 Å². The van der Waals surface area contributed by atoms with Crippen molar-refractivity contribution in [2.24, 2.45) is 0 Å². The van der Waals surface area contributed by atoms with E-state index in [-0.39, 0.29) is 12.1 Å². The summed E-state index contributed by atoms with van der Waals surface area (Å²) in [4.78, 5) is 17.8. The molecule has 0 atom stereocenters. The standard InChI is InChI=1S/C23H31N7O2/c1-23(2,3)30(22(31)32)18-10-8-17(9-11-18)27-20-14-19(21-25-12-13-29(21)28-20)26-16-6-4-15(24)5-7-16/h4-7,12-14,17-18,26H,8-11,24H2,1-3H3,(H,27,28)(H,31,32)/t17-,18-. The molecule has 0 aliphatic heterocycles. The van der Waals surface area contributed by atoms with Gasteiger partial charge >= 0.3 is 6.09 Å². The number of rotatable bonds is 5. The van der Waals surface area contributed by atoms with Crippen LogP contribution in [0.4, 0.5) is 27.7 Å². The largest absolute Gasteiger partial charge is 0.465 e. The molecular formula is C23H31N7O2. The zero-order valence-electron chi connectivity index (χ0n) is 18.7. The predicted octanol–water partition coefficient (Wildman–Crippen LogP) is 4.56. The number of nitrogen functional groups attached to an aromatic ring is 1. The van der Waals surface area contributed by atoms with Crippen molar-refractivity contribution in [3.63, 3.8) is 0 Å². The van der Waals surface area contributed by atoms with Crippen LogP contribution < -0.4 is 16.4 Å². The number of fused-ring (bicyclic) bond motifs is 1. The minimum Gasteiger partial charge on any atom is -0.465 e. The van der Waals surface area contributed by atoms with E-state index >= 15 is 0 Å². The van der Waals surface area contributed by atoms with Gasteiger partial charge in [-0.15, -0.1) is 5.10 Å². The first kappa shape index (κ1) is 21.7. The average Bonchev–Trinajstić information content (AvgIpc) is 3.19. The lowest BCUT2D eigenvalue weighted by Gasteiger charge is -2.42. The Morgan fingerprint density at radius 3 is 2.50 bits per heavy atom. The molecule has 3 aromatic rings. The second kappa shape index (κ2) is 8.57. The molecule has 170 valence electrons. The number of benzene rings is 1. The summed E-state index contributed by atoms with van der Waals surface area (Å²) in [7, 11) is 0. The normalized spacial score (nSPS) is 19.0. The van der Waals surface area contributed by atoms with Crippen LogP contribution in [0.3, 0.4) is 0 Å². The third-order valence-electron chi connectivity index (χ3n) is 5.89. The van der Waals surface area contributed by atoms with Gasteiger partial charge < -0.3 is 26.4 Å². The molecule has 32 heavy (non-hydrogen) atoms. The highest BCUT2D eigenvalue weighted by atomic mass is 16.4. The maximum absolute atomic E-state index is 11.8. The zero-order valence-corrected chi connectivity index (χ0v) is 18.7. The fourth-order valence-electron chi connectivity index (χ4n) is 4.48. The van der Waals surface area contributed by atoms with Gasteiger partial charge in [0.05, 0.1) is 5.69 Å². The van der Waals surface area contributed by atoms with Crippen molar-refractivity contribution in [2.45, 2.75) is 64.1 Å². The Bertz CT molecular complexity index is 1080. The molecule has 0 spiro atoms. The summed E-state index contributed by atoms with van der Waals surface area (Å²) < 4.78 is 1.75. The predicted molar refractivity (Wildman–Crippen MR) is 126 cm³/mol. The van der Waals surface area contributed by atoms with E-state index in [1.165, 1.54) is 0 Å². The number of amides is 1. The molecule has 4 rings (SSSR count). The molecule has 1 aromatic carbocycles. The highest BCUT2D eigenvalue weighted by molar-refractivity contribution is 5.76.